The quantitative estimate of drug-likeness (QED) is 0.894. The highest BCUT2D eigenvalue weighted by Gasteiger charge is 2.30. The zero-order valence-corrected chi connectivity index (χ0v) is 14.8. The van der Waals surface area contributed by atoms with Gasteiger partial charge in [-0.2, -0.15) is 4.37 Å². The van der Waals surface area contributed by atoms with Crippen molar-refractivity contribution in [2.75, 3.05) is 25.5 Å². The average Bonchev–Trinajstić information content (AvgIpc) is 3.02. The minimum Gasteiger partial charge on any atom is -0.388 e. The van der Waals surface area contributed by atoms with Crippen LogP contribution in [0.3, 0.4) is 0 Å². The van der Waals surface area contributed by atoms with Crippen molar-refractivity contribution in [2.45, 2.75) is 25.9 Å². The molecule has 2 N–H and O–H groups in total. The third kappa shape index (κ3) is 3.30. The number of hydrogen-bond donors (Lipinski definition) is 2. The van der Waals surface area contributed by atoms with E-state index in [-0.39, 0.29) is 11.8 Å². The Balaban J connectivity index is 1.65. The molecule has 0 saturated carbocycles. The summed E-state index contributed by atoms with van der Waals surface area (Å²) in [4.78, 5) is 14.7. The Morgan fingerprint density at radius 2 is 2.00 bits per heavy atom. The Morgan fingerprint density at radius 3 is 2.62 bits per heavy atom. The highest BCUT2D eigenvalue weighted by molar-refractivity contribution is 7.10. The van der Waals surface area contributed by atoms with Crippen LogP contribution in [0, 0.1) is 12.8 Å². The second-order valence-electron chi connectivity index (χ2n) is 6.21. The summed E-state index contributed by atoms with van der Waals surface area (Å²) in [7, 11) is 1.81. The molecule has 5 nitrogen and oxygen atoms in total. The van der Waals surface area contributed by atoms with Crippen LogP contribution in [0.15, 0.2) is 30.3 Å². The number of amides is 1. The summed E-state index contributed by atoms with van der Waals surface area (Å²) in [6, 6.07) is 9.77. The maximum absolute atomic E-state index is 12.8. The Labute approximate surface area is 146 Å². The fourth-order valence-corrected chi connectivity index (χ4v) is 4.03. The van der Waals surface area contributed by atoms with Gasteiger partial charge in [-0.3, -0.25) is 4.79 Å². The number of nitrogens with one attached hydrogen (secondary N) is 1. The zero-order chi connectivity index (χ0) is 17.1. The molecule has 0 radical (unpaired) electrons. The monoisotopic (exact) mass is 345 g/mol. The molecule has 1 aromatic carbocycles. The number of hydrogen-bond acceptors (Lipinski definition) is 5. The number of carbonyl (C=O) groups excluding carboxylic acids is 1. The molecule has 1 amide bonds. The van der Waals surface area contributed by atoms with Gasteiger partial charge in [0.15, 0.2) is 0 Å². The molecule has 1 aromatic heterocycles. The summed E-state index contributed by atoms with van der Waals surface area (Å²) >= 11 is 1.32. The maximum Gasteiger partial charge on any atom is 0.258 e. The number of aryl methyl sites for hydroxylation is 1. The molecule has 0 spiro atoms. The van der Waals surface area contributed by atoms with Crippen molar-refractivity contribution in [3.63, 3.8) is 0 Å². The van der Waals surface area contributed by atoms with Crippen LogP contribution in [0.5, 0.6) is 0 Å². The van der Waals surface area contributed by atoms with E-state index >= 15 is 0 Å². The Hall–Kier alpha value is -1.92. The molecule has 1 saturated heterocycles. The van der Waals surface area contributed by atoms with Crippen molar-refractivity contribution in [1.29, 1.82) is 0 Å². The minimum absolute atomic E-state index is 0.0400. The molecular formula is C18H23N3O2S. The highest BCUT2D eigenvalue weighted by atomic mass is 32.1. The summed E-state index contributed by atoms with van der Waals surface area (Å²) in [5.74, 6) is 0.236. The van der Waals surface area contributed by atoms with Crippen molar-refractivity contribution in [2.24, 2.45) is 5.92 Å². The van der Waals surface area contributed by atoms with E-state index in [1.54, 1.807) is 0 Å². The zero-order valence-electron chi connectivity index (χ0n) is 14.0. The Kier molecular flexibility index (Phi) is 5.16. The third-order valence-corrected chi connectivity index (χ3v) is 5.67. The van der Waals surface area contributed by atoms with Gasteiger partial charge in [0.1, 0.15) is 5.00 Å². The molecule has 1 fully saturated rings. The number of anilines is 1. The number of rotatable bonds is 4. The number of benzene rings is 1. The van der Waals surface area contributed by atoms with Gasteiger partial charge >= 0.3 is 0 Å². The van der Waals surface area contributed by atoms with Crippen molar-refractivity contribution < 1.29 is 9.90 Å². The van der Waals surface area contributed by atoms with Crippen molar-refractivity contribution >= 4 is 22.4 Å². The fourth-order valence-electron chi connectivity index (χ4n) is 3.29. The van der Waals surface area contributed by atoms with Gasteiger partial charge in [0.2, 0.25) is 0 Å². The molecule has 1 atom stereocenters. The van der Waals surface area contributed by atoms with E-state index < -0.39 is 6.10 Å². The van der Waals surface area contributed by atoms with E-state index in [1.807, 2.05) is 49.2 Å². The molecule has 0 aliphatic carbocycles. The lowest BCUT2D eigenvalue weighted by Crippen LogP contribution is -2.40. The average molecular weight is 345 g/mol. The van der Waals surface area contributed by atoms with Gasteiger partial charge in [-0.15, -0.1) is 0 Å². The van der Waals surface area contributed by atoms with Crippen LogP contribution in [0.25, 0.3) is 0 Å². The minimum atomic E-state index is -0.458. The van der Waals surface area contributed by atoms with Crippen molar-refractivity contribution in [3.8, 4) is 0 Å². The van der Waals surface area contributed by atoms with E-state index in [0.29, 0.717) is 18.7 Å². The second kappa shape index (κ2) is 7.32. The number of aromatic nitrogens is 1. The smallest absolute Gasteiger partial charge is 0.258 e. The second-order valence-corrected chi connectivity index (χ2v) is 6.98. The summed E-state index contributed by atoms with van der Waals surface area (Å²) in [5.41, 5.74) is 2.42. The number of nitrogens with zero attached hydrogens (tertiary/aromatic N) is 2. The van der Waals surface area contributed by atoms with E-state index in [2.05, 4.69) is 9.69 Å². The molecule has 2 aromatic rings. The lowest BCUT2D eigenvalue weighted by atomic mass is 9.87. The predicted molar refractivity (Wildman–Crippen MR) is 96.4 cm³/mol. The summed E-state index contributed by atoms with van der Waals surface area (Å²) < 4.78 is 4.28. The van der Waals surface area contributed by atoms with Gasteiger partial charge in [-0.1, -0.05) is 30.3 Å². The highest BCUT2D eigenvalue weighted by Crippen LogP contribution is 2.32. The van der Waals surface area contributed by atoms with Crippen LogP contribution < -0.4 is 5.32 Å². The largest absolute Gasteiger partial charge is 0.388 e. The van der Waals surface area contributed by atoms with E-state index in [9.17, 15) is 9.90 Å². The third-order valence-electron chi connectivity index (χ3n) is 4.72. The summed E-state index contributed by atoms with van der Waals surface area (Å²) in [6.07, 6.45) is 1.17. The summed E-state index contributed by atoms with van der Waals surface area (Å²) in [6.45, 7) is 3.22. The molecular weight excluding hydrogens is 322 g/mol. The van der Waals surface area contributed by atoms with Gasteiger partial charge in [-0.05, 0) is 42.8 Å². The van der Waals surface area contributed by atoms with Gasteiger partial charge in [0.25, 0.3) is 5.91 Å². The number of aliphatic hydroxyl groups excluding tert-OH is 1. The molecule has 2 heterocycles. The maximum atomic E-state index is 12.8. The molecule has 24 heavy (non-hydrogen) atoms. The number of likely N-dealkylation sites (tertiary alicyclic amines) is 1. The SMILES string of the molecule is CNc1snc(C)c1C(=O)N1CCC([C@H](O)c2ccccc2)CC1. The molecule has 3 rings (SSSR count). The first-order valence-electron chi connectivity index (χ1n) is 8.28. The van der Waals surface area contributed by atoms with Crippen LogP contribution in [0.4, 0.5) is 5.00 Å². The lowest BCUT2D eigenvalue weighted by Gasteiger charge is -2.34. The number of piperidine rings is 1. The van der Waals surface area contributed by atoms with E-state index in [0.717, 1.165) is 29.1 Å². The number of aliphatic hydroxyl groups is 1. The number of carbonyl (C=O) groups is 1. The Morgan fingerprint density at radius 1 is 1.33 bits per heavy atom. The topological polar surface area (TPSA) is 65.5 Å². The van der Waals surface area contributed by atoms with E-state index in [4.69, 9.17) is 0 Å². The normalized spacial score (nSPS) is 16.9. The van der Waals surface area contributed by atoms with Crippen LogP contribution in [-0.2, 0) is 0 Å². The van der Waals surface area contributed by atoms with Crippen LogP contribution in [0.2, 0.25) is 0 Å². The lowest BCUT2D eigenvalue weighted by molar-refractivity contribution is 0.0462. The first-order chi connectivity index (χ1) is 11.6. The van der Waals surface area contributed by atoms with Gasteiger partial charge < -0.3 is 15.3 Å². The van der Waals surface area contributed by atoms with E-state index in [1.165, 1.54) is 11.5 Å². The van der Waals surface area contributed by atoms with Crippen molar-refractivity contribution in [3.05, 3.63) is 47.2 Å². The molecule has 128 valence electrons. The first-order valence-corrected chi connectivity index (χ1v) is 9.05. The summed E-state index contributed by atoms with van der Waals surface area (Å²) in [5, 5.41) is 14.4. The van der Waals surface area contributed by atoms with Gasteiger partial charge in [0.05, 0.1) is 17.4 Å². The van der Waals surface area contributed by atoms with Gasteiger partial charge in [-0.25, -0.2) is 0 Å². The molecule has 1 aliphatic heterocycles. The van der Waals surface area contributed by atoms with Crippen molar-refractivity contribution in [1.82, 2.24) is 9.27 Å². The standard InChI is InChI=1S/C18H23N3O2S/c1-12-15(17(19-2)24-20-12)18(23)21-10-8-14(9-11-21)16(22)13-6-4-3-5-7-13/h3-7,14,16,19,22H,8-11H2,1-2H3/t16-/m1/s1. The molecule has 1 aliphatic rings. The molecule has 6 heteroatoms. The van der Waals surface area contributed by atoms with Crippen LogP contribution in [-0.4, -0.2) is 40.4 Å². The fraction of sp³-hybridized carbons (Fsp3) is 0.444. The first kappa shape index (κ1) is 16.9. The molecule has 0 unspecified atom stereocenters. The van der Waals surface area contributed by atoms with Gasteiger partial charge in [0, 0.05) is 20.1 Å². The Bertz CT molecular complexity index is 694. The predicted octanol–water partition coefficient (Wildman–Crippen LogP) is 3.08. The molecule has 0 bridgehead atoms. The van der Waals surface area contributed by atoms with Crippen LogP contribution >= 0.6 is 11.5 Å². The van der Waals surface area contributed by atoms with Crippen LogP contribution in [0.1, 0.15) is 40.6 Å².